The number of aryl methyl sites for hydroxylation is 1. The number of thiazole rings is 1. The zero-order chi connectivity index (χ0) is 12.3. The summed E-state index contributed by atoms with van der Waals surface area (Å²) in [5, 5.41) is 10.2. The Bertz CT molecular complexity index is 356. The van der Waals surface area contributed by atoms with E-state index >= 15 is 0 Å². The van der Waals surface area contributed by atoms with Gasteiger partial charge in [0.05, 0.1) is 12.2 Å². The summed E-state index contributed by atoms with van der Waals surface area (Å²) >= 11 is 1.77. The van der Waals surface area contributed by atoms with E-state index in [4.69, 9.17) is 5.11 Å². The number of nitrogens with zero attached hydrogens (tertiary/aromatic N) is 2. The van der Waals surface area contributed by atoms with Crippen LogP contribution in [-0.4, -0.2) is 34.7 Å². The highest BCUT2D eigenvalue weighted by Crippen LogP contribution is 2.22. The monoisotopic (exact) mass is 254 g/mol. The van der Waals surface area contributed by atoms with Crippen LogP contribution in [0.5, 0.6) is 0 Å². The van der Waals surface area contributed by atoms with Crippen LogP contribution in [0.25, 0.3) is 0 Å². The van der Waals surface area contributed by atoms with Crippen LogP contribution < -0.4 is 0 Å². The van der Waals surface area contributed by atoms with Crippen LogP contribution in [0.15, 0.2) is 0 Å². The van der Waals surface area contributed by atoms with Gasteiger partial charge in [0.25, 0.3) is 0 Å². The Morgan fingerprint density at radius 3 is 2.76 bits per heavy atom. The number of aliphatic hydroxyl groups is 1. The fourth-order valence-corrected chi connectivity index (χ4v) is 3.40. The van der Waals surface area contributed by atoms with Crippen LogP contribution >= 0.6 is 11.3 Å². The van der Waals surface area contributed by atoms with Crippen LogP contribution in [0.3, 0.4) is 0 Å². The van der Waals surface area contributed by atoms with E-state index in [1.54, 1.807) is 11.3 Å². The summed E-state index contributed by atoms with van der Waals surface area (Å²) in [6.45, 7) is 8.01. The summed E-state index contributed by atoms with van der Waals surface area (Å²) in [5.74, 6) is 0.884. The Morgan fingerprint density at radius 2 is 2.12 bits per heavy atom. The van der Waals surface area contributed by atoms with E-state index in [1.165, 1.54) is 35.8 Å². The van der Waals surface area contributed by atoms with Gasteiger partial charge >= 0.3 is 0 Å². The second-order valence-corrected chi connectivity index (χ2v) is 6.22. The SMILES string of the molecule is Cc1nc(CN2CCC(C)CC2)sc1CCO. The molecule has 1 fully saturated rings. The number of likely N-dealkylation sites (tertiary alicyclic amines) is 1. The van der Waals surface area contributed by atoms with Crippen molar-refractivity contribution in [3.8, 4) is 0 Å². The first kappa shape index (κ1) is 13.0. The van der Waals surface area contributed by atoms with Gasteiger partial charge < -0.3 is 5.11 Å². The number of aliphatic hydroxyl groups excluding tert-OH is 1. The fourth-order valence-electron chi connectivity index (χ4n) is 2.30. The first-order valence-electron chi connectivity index (χ1n) is 6.47. The van der Waals surface area contributed by atoms with Crippen LogP contribution in [0, 0.1) is 12.8 Å². The lowest BCUT2D eigenvalue weighted by Crippen LogP contribution is -2.32. The van der Waals surface area contributed by atoms with E-state index in [2.05, 4.69) is 16.8 Å². The van der Waals surface area contributed by atoms with Crippen molar-refractivity contribution in [1.82, 2.24) is 9.88 Å². The standard InChI is InChI=1S/C13H22N2OS/c1-10-3-6-15(7-4-10)9-13-14-11(2)12(17-13)5-8-16/h10,16H,3-9H2,1-2H3. The zero-order valence-electron chi connectivity index (χ0n) is 10.8. The minimum Gasteiger partial charge on any atom is -0.396 e. The van der Waals surface area contributed by atoms with Gasteiger partial charge in [0, 0.05) is 17.9 Å². The number of rotatable bonds is 4. The van der Waals surface area contributed by atoms with E-state index in [1.807, 2.05) is 6.92 Å². The normalized spacial score (nSPS) is 18.8. The molecule has 2 heterocycles. The van der Waals surface area contributed by atoms with Crippen LogP contribution in [0.4, 0.5) is 0 Å². The van der Waals surface area contributed by atoms with Gasteiger partial charge in [0.2, 0.25) is 0 Å². The minimum atomic E-state index is 0.226. The molecule has 1 saturated heterocycles. The van der Waals surface area contributed by atoms with Gasteiger partial charge in [0.1, 0.15) is 5.01 Å². The maximum Gasteiger partial charge on any atom is 0.107 e. The number of hydrogen-bond acceptors (Lipinski definition) is 4. The third kappa shape index (κ3) is 3.50. The lowest BCUT2D eigenvalue weighted by molar-refractivity contribution is 0.185. The second-order valence-electron chi connectivity index (χ2n) is 5.05. The first-order chi connectivity index (χ1) is 8.19. The molecule has 1 aliphatic rings. The molecule has 0 unspecified atom stereocenters. The molecule has 0 aliphatic carbocycles. The molecule has 96 valence electrons. The van der Waals surface area contributed by atoms with E-state index < -0.39 is 0 Å². The van der Waals surface area contributed by atoms with E-state index in [0.717, 1.165) is 24.6 Å². The topological polar surface area (TPSA) is 36.4 Å². The van der Waals surface area contributed by atoms with Crippen molar-refractivity contribution in [2.45, 2.75) is 39.7 Å². The molecular weight excluding hydrogens is 232 g/mol. The molecule has 1 aromatic heterocycles. The summed E-state index contributed by atoms with van der Waals surface area (Å²) in [7, 11) is 0. The molecule has 17 heavy (non-hydrogen) atoms. The average molecular weight is 254 g/mol. The quantitative estimate of drug-likeness (QED) is 0.895. The molecule has 0 atom stereocenters. The molecule has 0 aromatic carbocycles. The molecule has 0 radical (unpaired) electrons. The highest BCUT2D eigenvalue weighted by molar-refractivity contribution is 7.11. The van der Waals surface area contributed by atoms with Gasteiger partial charge in [-0.2, -0.15) is 0 Å². The molecule has 0 saturated carbocycles. The molecule has 2 rings (SSSR count). The van der Waals surface area contributed by atoms with Gasteiger partial charge in [-0.1, -0.05) is 6.92 Å². The van der Waals surface area contributed by atoms with Crippen LogP contribution in [-0.2, 0) is 13.0 Å². The van der Waals surface area contributed by atoms with E-state index in [0.29, 0.717) is 0 Å². The average Bonchev–Trinajstić information content (AvgIpc) is 2.63. The smallest absolute Gasteiger partial charge is 0.107 e. The van der Waals surface area contributed by atoms with Gasteiger partial charge in [-0.3, -0.25) is 4.90 Å². The zero-order valence-corrected chi connectivity index (χ0v) is 11.6. The summed E-state index contributed by atoms with van der Waals surface area (Å²) in [5.41, 5.74) is 1.10. The number of hydrogen-bond donors (Lipinski definition) is 1. The highest BCUT2D eigenvalue weighted by Gasteiger charge is 2.17. The summed E-state index contributed by atoms with van der Waals surface area (Å²) in [6.07, 6.45) is 3.38. The molecule has 0 spiro atoms. The molecule has 4 heteroatoms. The molecule has 1 aliphatic heterocycles. The van der Waals surface area contributed by atoms with Crippen molar-refractivity contribution in [3.05, 3.63) is 15.6 Å². The summed E-state index contributed by atoms with van der Waals surface area (Å²) < 4.78 is 0. The fraction of sp³-hybridized carbons (Fsp3) is 0.769. The van der Waals surface area contributed by atoms with Crippen LogP contribution in [0.2, 0.25) is 0 Å². The maximum atomic E-state index is 8.97. The largest absolute Gasteiger partial charge is 0.396 e. The summed E-state index contributed by atoms with van der Waals surface area (Å²) in [6, 6.07) is 0. The van der Waals surface area contributed by atoms with Gasteiger partial charge in [-0.05, 0) is 38.8 Å². The minimum absolute atomic E-state index is 0.226. The lowest BCUT2D eigenvalue weighted by Gasteiger charge is -2.29. The van der Waals surface area contributed by atoms with Crippen molar-refractivity contribution in [1.29, 1.82) is 0 Å². The van der Waals surface area contributed by atoms with Gasteiger partial charge in [-0.15, -0.1) is 11.3 Å². The molecule has 3 nitrogen and oxygen atoms in total. The van der Waals surface area contributed by atoms with Crippen molar-refractivity contribution >= 4 is 11.3 Å². The number of aromatic nitrogens is 1. The van der Waals surface area contributed by atoms with Crippen LogP contribution in [0.1, 0.15) is 35.3 Å². The molecular formula is C13H22N2OS. The Labute approximate surface area is 107 Å². The van der Waals surface area contributed by atoms with Crippen molar-refractivity contribution < 1.29 is 5.11 Å². The van der Waals surface area contributed by atoms with Crippen molar-refractivity contribution in [2.75, 3.05) is 19.7 Å². The highest BCUT2D eigenvalue weighted by atomic mass is 32.1. The first-order valence-corrected chi connectivity index (χ1v) is 7.29. The second kappa shape index (κ2) is 5.94. The Morgan fingerprint density at radius 1 is 1.41 bits per heavy atom. The van der Waals surface area contributed by atoms with Gasteiger partial charge in [0.15, 0.2) is 0 Å². The predicted octanol–water partition coefficient (Wildman–Crippen LogP) is 2.22. The lowest BCUT2D eigenvalue weighted by atomic mass is 9.99. The molecule has 1 N–H and O–H groups in total. The Kier molecular flexibility index (Phi) is 4.54. The number of piperidine rings is 1. The van der Waals surface area contributed by atoms with E-state index in [9.17, 15) is 0 Å². The Balaban J connectivity index is 1.92. The third-order valence-corrected chi connectivity index (χ3v) is 4.71. The van der Waals surface area contributed by atoms with Crippen molar-refractivity contribution in [3.63, 3.8) is 0 Å². The van der Waals surface area contributed by atoms with E-state index in [-0.39, 0.29) is 6.61 Å². The van der Waals surface area contributed by atoms with Crippen molar-refractivity contribution in [2.24, 2.45) is 5.92 Å². The van der Waals surface area contributed by atoms with Gasteiger partial charge in [-0.25, -0.2) is 4.98 Å². The maximum absolute atomic E-state index is 8.97. The Hall–Kier alpha value is -0.450. The third-order valence-electron chi connectivity index (χ3n) is 3.51. The summed E-state index contributed by atoms with van der Waals surface area (Å²) in [4.78, 5) is 8.35. The molecule has 0 amide bonds. The molecule has 1 aromatic rings. The predicted molar refractivity (Wildman–Crippen MR) is 71.3 cm³/mol. The molecule has 0 bridgehead atoms.